The molecule has 0 aliphatic carbocycles. The Labute approximate surface area is 152 Å². The minimum absolute atomic E-state index is 0.264. The van der Waals surface area contributed by atoms with Gasteiger partial charge in [0.15, 0.2) is 5.71 Å². The third-order valence-corrected chi connectivity index (χ3v) is 4.52. The fourth-order valence-electron chi connectivity index (χ4n) is 2.79. The highest BCUT2D eigenvalue weighted by Crippen LogP contribution is 2.30. The molecule has 0 spiro atoms. The van der Waals surface area contributed by atoms with Gasteiger partial charge in [-0.05, 0) is 29.7 Å². The van der Waals surface area contributed by atoms with Gasteiger partial charge in [-0.1, -0.05) is 41.4 Å². The Hall–Kier alpha value is -2.91. The van der Waals surface area contributed by atoms with Crippen molar-refractivity contribution < 1.29 is 19.4 Å². The van der Waals surface area contributed by atoms with E-state index in [9.17, 15) is 4.79 Å². The number of benzene rings is 3. The zero-order valence-corrected chi connectivity index (χ0v) is 14.1. The van der Waals surface area contributed by atoms with E-state index < -0.39 is 0 Å². The molecule has 7 nitrogen and oxygen atoms in total. The van der Waals surface area contributed by atoms with Crippen LogP contribution >= 0.6 is 12.0 Å². The number of carbonyl (C=O) groups excluding carboxylic acids is 1. The maximum atomic E-state index is 12.3. The fraction of sp³-hybridized carbons (Fsp3) is 0. The standard InChI is InChI=1S/C18H13N3O4S/c22-18-17(14-10-12(26-25-24-23)8-9-15(14)19-18)21-20-16-7-3-5-11-4-1-2-6-13(11)16/h1-10,20,23H,(H,19,21,22). The maximum absolute atomic E-state index is 12.3. The Morgan fingerprint density at radius 3 is 2.81 bits per heavy atom. The number of rotatable bonds is 5. The molecule has 0 aromatic heterocycles. The maximum Gasteiger partial charge on any atom is 0.276 e. The molecular weight excluding hydrogens is 354 g/mol. The molecule has 4 rings (SSSR count). The normalized spacial score (nSPS) is 14.5. The lowest BCUT2D eigenvalue weighted by atomic mass is 10.1. The Kier molecular flexibility index (Phi) is 4.55. The Bertz CT molecular complexity index is 1020. The molecule has 8 heteroatoms. The van der Waals surface area contributed by atoms with Crippen molar-refractivity contribution in [2.45, 2.75) is 4.90 Å². The molecule has 3 N–H and O–H groups in total. The van der Waals surface area contributed by atoms with Gasteiger partial charge in [0.05, 0.1) is 23.4 Å². The predicted molar refractivity (Wildman–Crippen MR) is 99.8 cm³/mol. The minimum Gasteiger partial charge on any atom is -0.320 e. The third kappa shape index (κ3) is 3.14. The van der Waals surface area contributed by atoms with Crippen molar-refractivity contribution in [1.29, 1.82) is 0 Å². The van der Waals surface area contributed by atoms with Crippen molar-refractivity contribution in [2.75, 3.05) is 10.7 Å². The SMILES string of the molecule is O=C1Nc2ccc(SOOO)cc2/C1=N/Nc1cccc2ccccc12. The second-order valence-electron chi connectivity index (χ2n) is 5.49. The molecule has 130 valence electrons. The van der Waals surface area contributed by atoms with Gasteiger partial charge in [0, 0.05) is 15.8 Å². The number of hydrazone groups is 1. The van der Waals surface area contributed by atoms with Gasteiger partial charge in [0.2, 0.25) is 0 Å². The van der Waals surface area contributed by atoms with Crippen LogP contribution in [0.25, 0.3) is 10.8 Å². The van der Waals surface area contributed by atoms with Crippen LogP contribution < -0.4 is 10.7 Å². The Balaban J connectivity index is 1.67. The highest BCUT2D eigenvalue weighted by molar-refractivity contribution is 7.94. The zero-order valence-electron chi connectivity index (χ0n) is 13.3. The molecule has 0 saturated carbocycles. The molecule has 0 saturated heterocycles. The summed E-state index contributed by atoms with van der Waals surface area (Å²) in [5.74, 6) is -0.297. The minimum atomic E-state index is -0.297. The fourth-order valence-corrected chi connectivity index (χ4v) is 3.19. The average molecular weight is 367 g/mol. The highest BCUT2D eigenvalue weighted by Gasteiger charge is 2.26. The summed E-state index contributed by atoms with van der Waals surface area (Å²) in [5.41, 5.74) is 5.35. The van der Waals surface area contributed by atoms with Crippen LogP contribution in [-0.4, -0.2) is 16.9 Å². The summed E-state index contributed by atoms with van der Waals surface area (Å²) < 4.78 is 4.43. The molecule has 26 heavy (non-hydrogen) atoms. The van der Waals surface area contributed by atoms with E-state index in [1.54, 1.807) is 18.2 Å². The highest BCUT2D eigenvalue weighted by atomic mass is 32.2. The lowest BCUT2D eigenvalue weighted by molar-refractivity contribution is -0.432. The molecule has 0 atom stereocenters. The molecular formula is C18H13N3O4S. The summed E-state index contributed by atoms with van der Waals surface area (Å²) >= 11 is 0.819. The summed E-state index contributed by atoms with van der Waals surface area (Å²) in [6.45, 7) is 0. The quantitative estimate of drug-likeness (QED) is 0.358. The number of hydrogen-bond donors (Lipinski definition) is 3. The smallest absolute Gasteiger partial charge is 0.276 e. The summed E-state index contributed by atoms with van der Waals surface area (Å²) in [7, 11) is 0. The number of amides is 1. The van der Waals surface area contributed by atoms with Gasteiger partial charge in [-0.2, -0.15) is 5.10 Å². The van der Waals surface area contributed by atoms with Gasteiger partial charge in [-0.3, -0.25) is 10.2 Å². The van der Waals surface area contributed by atoms with E-state index >= 15 is 0 Å². The van der Waals surface area contributed by atoms with E-state index in [4.69, 9.17) is 5.26 Å². The number of fused-ring (bicyclic) bond motifs is 2. The summed E-state index contributed by atoms with van der Waals surface area (Å²) in [5, 5.41) is 21.0. The first-order valence-corrected chi connectivity index (χ1v) is 8.42. The monoisotopic (exact) mass is 367 g/mol. The van der Waals surface area contributed by atoms with E-state index in [0.29, 0.717) is 16.1 Å². The molecule has 1 aliphatic rings. The van der Waals surface area contributed by atoms with Gasteiger partial charge >= 0.3 is 0 Å². The molecule has 0 radical (unpaired) electrons. The van der Waals surface area contributed by atoms with Crippen molar-refractivity contribution in [3.8, 4) is 0 Å². The van der Waals surface area contributed by atoms with Crippen molar-refractivity contribution in [1.82, 2.24) is 0 Å². The van der Waals surface area contributed by atoms with Crippen LogP contribution in [0.1, 0.15) is 5.56 Å². The van der Waals surface area contributed by atoms with E-state index in [-0.39, 0.29) is 11.6 Å². The lowest BCUT2D eigenvalue weighted by Gasteiger charge is -2.06. The van der Waals surface area contributed by atoms with Crippen LogP contribution in [0, 0.1) is 0 Å². The van der Waals surface area contributed by atoms with Gasteiger partial charge in [-0.15, -0.1) is 4.33 Å². The van der Waals surface area contributed by atoms with Crippen molar-refractivity contribution in [2.24, 2.45) is 5.10 Å². The van der Waals surface area contributed by atoms with Crippen molar-refractivity contribution in [3.05, 3.63) is 66.2 Å². The first kappa shape index (κ1) is 16.6. The Morgan fingerprint density at radius 2 is 1.92 bits per heavy atom. The van der Waals surface area contributed by atoms with Crippen molar-refractivity contribution >= 4 is 45.8 Å². The molecule has 3 aromatic rings. The summed E-state index contributed by atoms with van der Waals surface area (Å²) in [4.78, 5) is 12.9. The van der Waals surface area contributed by atoms with Gasteiger partial charge in [0.25, 0.3) is 5.91 Å². The number of hydrogen-bond acceptors (Lipinski definition) is 7. The molecule has 0 bridgehead atoms. The number of nitrogens with one attached hydrogen (secondary N) is 2. The number of anilines is 2. The van der Waals surface area contributed by atoms with Crippen LogP contribution in [0.4, 0.5) is 11.4 Å². The van der Waals surface area contributed by atoms with E-state index in [1.165, 1.54) is 0 Å². The molecule has 1 amide bonds. The second-order valence-corrected chi connectivity index (χ2v) is 6.26. The largest absolute Gasteiger partial charge is 0.320 e. The molecule has 3 aromatic carbocycles. The van der Waals surface area contributed by atoms with Crippen molar-refractivity contribution in [3.63, 3.8) is 0 Å². The number of nitrogens with zero attached hydrogens (tertiary/aromatic N) is 1. The van der Waals surface area contributed by atoms with E-state index in [0.717, 1.165) is 28.5 Å². The molecule has 1 aliphatic heterocycles. The lowest BCUT2D eigenvalue weighted by Crippen LogP contribution is -2.15. The first-order valence-electron chi connectivity index (χ1n) is 7.68. The van der Waals surface area contributed by atoms with Crippen LogP contribution in [0.2, 0.25) is 0 Å². The summed E-state index contributed by atoms with van der Waals surface area (Å²) in [6, 6.07) is 18.9. The van der Waals surface area contributed by atoms with Gasteiger partial charge in [-0.25, -0.2) is 5.26 Å². The average Bonchev–Trinajstić information content (AvgIpc) is 2.99. The summed E-state index contributed by atoms with van der Waals surface area (Å²) in [6.07, 6.45) is 0. The van der Waals surface area contributed by atoms with Crippen LogP contribution in [0.5, 0.6) is 0 Å². The number of carbonyl (C=O) groups is 1. The van der Waals surface area contributed by atoms with Crippen LogP contribution in [-0.2, 0) is 14.2 Å². The zero-order chi connectivity index (χ0) is 17.9. The second kappa shape index (κ2) is 7.14. The topological polar surface area (TPSA) is 92.2 Å². The first-order chi connectivity index (χ1) is 12.8. The Morgan fingerprint density at radius 1 is 1.08 bits per heavy atom. The molecule has 0 fully saturated rings. The molecule has 1 heterocycles. The van der Waals surface area contributed by atoms with Gasteiger partial charge < -0.3 is 5.32 Å². The van der Waals surface area contributed by atoms with Crippen LogP contribution in [0.15, 0.2) is 70.7 Å². The predicted octanol–water partition coefficient (Wildman–Crippen LogP) is 4.04. The third-order valence-electron chi connectivity index (χ3n) is 3.95. The van der Waals surface area contributed by atoms with Crippen LogP contribution in [0.3, 0.4) is 0 Å². The van der Waals surface area contributed by atoms with E-state index in [2.05, 4.69) is 25.2 Å². The van der Waals surface area contributed by atoms with Gasteiger partial charge in [0.1, 0.15) is 0 Å². The van der Waals surface area contributed by atoms with E-state index in [1.807, 2.05) is 42.5 Å². The molecule has 0 unspecified atom stereocenters.